The molecule has 0 spiro atoms. The van der Waals surface area contributed by atoms with Crippen molar-refractivity contribution in [2.45, 2.75) is 32.9 Å². The fourth-order valence-corrected chi connectivity index (χ4v) is 2.02. The van der Waals surface area contributed by atoms with Crippen LogP contribution in [0.4, 0.5) is 0 Å². The minimum absolute atomic E-state index is 0.196. The molecule has 1 atom stereocenters. The molecule has 5 nitrogen and oxygen atoms in total. The van der Waals surface area contributed by atoms with Gasteiger partial charge in [0.25, 0.3) is 0 Å². The van der Waals surface area contributed by atoms with E-state index in [2.05, 4.69) is 10.1 Å². The summed E-state index contributed by atoms with van der Waals surface area (Å²) in [5.41, 5.74) is -0.0883. The summed E-state index contributed by atoms with van der Waals surface area (Å²) < 4.78 is 0. The van der Waals surface area contributed by atoms with E-state index in [9.17, 15) is 9.90 Å². The van der Waals surface area contributed by atoms with Crippen molar-refractivity contribution in [1.29, 1.82) is 0 Å². The Morgan fingerprint density at radius 2 is 2.28 bits per heavy atom. The smallest absolute Gasteiger partial charge is 0.248 e. The molecule has 0 radical (unpaired) electrons. The predicted molar refractivity (Wildman–Crippen MR) is 67.5 cm³/mol. The van der Waals surface area contributed by atoms with Gasteiger partial charge < -0.3 is 5.11 Å². The van der Waals surface area contributed by atoms with E-state index in [-0.39, 0.29) is 11.8 Å². The Labute approximate surface area is 106 Å². The van der Waals surface area contributed by atoms with Crippen molar-refractivity contribution in [3.63, 3.8) is 0 Å². The molecule has 0 bridgehead atoms. The third-order valence-corrected chi connectivity index (χ3v) is 2.95. The second-order valence-corrected chi connectivity index (χ2v) is 4.88. The molecule has 1 aliphatic heterocycles. The maximum Gasteiger partial charge on any atom is 0.248 e. The van der Waals surface area contributed by atoms with E-state index < -0.39 is 5.72 Å². The molecular weight excluding hydrogens is 230 g/mol. The van der Waals surface area contributed by atoms with E-state index in [0.717, 1.165) is 5.71 Å². The summed E-state index contributed by atoms with van der Waals surface area (Å²) in [6.07, 6.45) is 3.51. The molecule has 18 heavy (non-hydrogen) atoms. The van der Waals surface area contributed by atoms with Gasteiger partial charge in [0.1, 0.15) is 0 Å². The Morgan fingerprint density at radius 3 is 2.83 bits per heavy atom. The van der Waals surface area contributed by atoms with E-state index in [0.29, 0.717) is 12.0 Å². The molecule has 1 N–H and O–H groups in total. The van der Waals surface area contributed by atoms with Crippen molar-refractivity contribution in [1.82, 2.24) is 9.99 Å². The van der Waals surface area contributed by atoms with E-state index >= 15 is 0 Å². The lowest BCUT2D eigenvalue weighted by Crippen LogP contribution is -2.45. The van der Waals surface area contributed by atoms with Crippen LogP contribution in [0.25, 0.3) is 0 Å². The number of carbonyl (C=O) groups excluding carboxylic acids is 1. The van der Waals surface area contributed by atoms with Crippen LogP contribution in [0.1, 0.15) is 32.8 Å². The molecule has 1 aromatic heterocycles. The first-order valence-electron chi connectivity index (χ1n) is 5.96. The van der Waals surface area contributed by atoms with Gasteiger partial charge in [-0.25, -0.2) is 0 Å². The molecular formula is C13H17N3O2. The number of hydrogen-bond donors (Lipinski definition) is 1. The fourth-order valence-electron chi connectivity index (χ4n) is 2.02. The van der Waals surface area contributed by atoms with Crippen molar-refractivity contribution in [2.24, 2.45) is 11.0 Å². The maximum atomic E-state index is 12.1. The van der Waals surface area contributed by atoms with Gasteiger partial charge in [-0.2, -0.15) is 10.1 Å². The van der Waals surface area contributed by atoms with Crippen LogP contribution in [0.2, 0.25) is 0 Å². The molecule has 0 saturated heterocycles. The Kier molecular flexibility index (Phi) is 3.17. The predicted octanol–water partition coefficient (Wildman–Crippen LogP) is 1.49. The number of hydrazone groups is 1. The topological polar surface area (TPSA) is 65.8 Å². The number of pyridine rings is 1. The van der Waals surface area contributed by atoms with Gasteiger partial charge in [-0.1, -0.05) is 19.9 Å². The highest BCUT2D eigenvalue weighted by Crippen LogP contribution is 2.35. The van der Waals surface area contributed by atoms with Gasteiger partial charge in [0.2, 0.25) is 5.91 Å². The molecule has 1 amide bonds. The van der Waals surface area contributed by atoms with E-state index in [1.807, 2.05) is 0 Å². The standard InChI is InChI=1S/C13H17N3O2/c1-9(2)12(17)16-13(18,7-10(3)15-16)11-5-4-6-14-8-11/h4-6,8-9,18H,7H2,1-3H3. The zero-order valence-corrected chi connectivity index (χ0v) is 10.8. The van der Waals surface area contributed by atoms with Crippen LogP contribution in [0.5, 0.6) is 0 Å². The van der Waals surface area contributed by atoms with E-state index in [1.165, 1.54) is 5.01 Å². The lowest BCUT2D eigenvalue weighted by atomic mass is 9.98. The van der Waals surface area contributed by atoms with Crippen molar-refractivity contribution in [3.8, 4) is 0 Å². The Balaban J connectivity index is 2.41. The highest BCUT2D eigenvalue weighted by Gasteiger charge is 2.45. The third-order valence-electron chi connectivity index (χ3n) is 2.95. The molecule has 5 heteroatoms. The summed E-state index contributed by atoms with van der Waals surface area (Å²) in [5.74, 6) is -0.416. The average molecular weight is 247 g/mol. The monoisotopic (exact) mass is 247 g/mol. The quantitative estimate of drug-likeness (QED) is 0.861. The summed E-state index contributed by atoms with van der Waals surface area (Å²) in [7, 11) is 0. The minimum Gasteiger partial charge on any atom is -0.365 e. The minimum atomic E-state index is -1.40. The SMILES string of the molecule is CC1=NN(C(=O)C(C)C)C(O)(c2cccnc2)C1. The Bertz CT molecular complexity index is 484. The molecule has 0 aliphatic carbocycles. The normalized spacial score (nSPS) is 23.4. The van der Waals surface area contributed by atoms with Gasteiger partial charge in [-0.15, -0.1) is 0 Å². The highest BCUT2D eigenvalue weighted by molar-refractivity contribution is 5.89. The first kappa shape index (κ1) is 12.7. The molecule has 2 rings (SSSR count). The molecule has 0 aromatic carbocycles. The summed E-state index contributed by atoms with van der Waals surface area (Å²) in [6, 6.07) is 3.49. The summed E-state index contributed by atoms with van der Waals surface area (Å²) in [5, 5.41) is 16.1. The van der Waals surface area contributed by atoms with Gasteiger partial charge in [0.05, 0.1) is 0 Å². The number of carbonyl (C=O) groups is 1. The van der Waals surface area contributed by atoms with Gasteiger partial charge >= 0.3 is 0 Å². The number of rotatable bonds is 2. The second-order valence-electron chi connectivity index (χ2n) is 4.88. The van der Waals surface area contributed by atoms with Crippen molar-refractivity contribution < 1.29 is 9.90 Å². The van der Waals surface area contributed by atoms with E-state index in [4.69, 9.17) is 0 Å². The maximum absolute atomic E-state index is 12.1. The Morgan fingerprint density at radius 1 is 1.56 bits per heavy atom. The number of aromatic nitrogens is 1. The summed E-state index contributed by atoms with van der Waals surface area (Å²) in [4.78, 5) is 16.1. The van der Waals surface area contributed by atoms with Crippen LogP contribution in [0.15, 0.2) is 29.6 Å². The lowest BCUT2D eigenvalue weighted by molar-refractivity contribution is -0.161. The number of hydrogen-bond acceptors (Lipinski definition) is 4. The molecule has 0 fully saturated rings. The van der Waals surface area contributed by atoms with Crippen molar-refractivity contribution in [2.75, 3.05) is 0 Å². The van der Waals surface area contributed by atoms with Crippen LogP contribution < -0.4 is 0 Å². The van der Waals surface area contributed by atoms with Crippen LogP contribution >= 0.6 is 0 Å². The van der Waals surface area contributed by atoms with Gasteiger partial charge in [-0.3, -0.25) is 9.78 Å². The van der Waals surface area contributed by atoms with Crippen molar-refractivity contribution in [3.05, 3.63) is 30.1 Å². The molecule has 1 aliphatic rings. The third kappa shape index (κ3) is 2.01. The zero-order chi connectivity index (χ0) is 13.3. The molecule has 1 unspecified atom stereocenters. The van der Waals surface area contributed by atoms with Crippen LogP contribution in [-0.4, -0.2) is 26.7 Å². The summed E-state index contributed by atoms with van der Waals surface area (Å²) >= 11 is 0. The van der Waals surface area contributed by atoms with Crippen LogP contribution in [-0.2, 0) is 10.5 Å². The molecule has 96 valence electrons. The van der Waals surface area contributed by atoms with Crippen LogP contribution in [0.3, 0.4) is 0 Å². The zero-order valence-electron chi connectivity index (χ0n) is 10.8. The van der Waals surface area contributed by atoms with Gasteiger partial charge in [0, 0.05) is 36.0 Å². The number of nitrogens with zero attached hydrogens (tertiary/aromatic N) is 3. The fraction of sp³-hybridized carbons (Fsp3) is 0.462. The number of amides is 1. The molecule has 0 saturated carbocycles. The molecule has 2 heterocycles. The average Bonchev–Trinajstić information content (AvgIpc) is 2.66. The first-order valence-corrected chi connectivity index (χ1v) is 5.96. The lowest BCUT2D eigenvalue weighted by Gasteiger charge is -2.32. The highest BCUT2D eigenvalue weighted by atomic mass is 16.3. The first-order chi connectivity index (χ1) is 8.45. The number of aliphatic hydroxyl groups is 1. The largest absolute Gasteiger partial charge is 0.365 e. The van der Waals surface area contributed by atoms with Crippen molar-refractivity contribution >= 4 is 11.6 Å². The van der Waals surface area contributed by atoms with Gasteiger partial charge in [0.15, 0.2) is 5.72 Å². The van der Waals surface area contributed by atoms with Crippen LogP contribution in [0, 0.1) is 5.92 Å². The second kappa shape index (κ2) is 4.49. The Hall–Kier alpha value is -1.75. The molecule has 1 aromatic rings. The summed E-state index contributed by atoms with van der Waals surface area (Å²) in [6.45, 7) is 5.37. The van der Waals surface area contributed by atoms with Gasteiger partial charge in [-0.05, 0) is 13.0 Å². The van der Waals surface area contributed by atoms with E-state index in [1.54, 1.807) is 45.3 Å².